The van der Waals surface area contributed by atoms with Gasteiger partial charge in [0, 0.05) is 0 Å². The van der Waals surface area contributed by atoms with Gasteiger partial charge in [0.05, 0.1) is 11.7 Å². The number of aliphatic hydroxyl groups is 1. The van der Waals surface area contributed by atoms with Crippen molar-refractivity contribution in [1.29, 1.82) is 0 Å². The molecule has 1 fully saturated rings. The Morgan fingerprint density at radius 2 is 2.13 bits per heavy atom. The number of carbonyl (C=O) groups excluding carboxylic acids is 1. The molecule has 0 spiro atoms. The maximum Gasteiger partial charge on any atom is 0.336 e. The molecule has 0 aromatic rings. The molecular formula is C12H20O3. The van der Waals surface area contributed by atoms with Crippen molar-refractivity contribution in [3.63, 3.8) is 0 Å². The smallest absolute Gasteiger partial charge is 0.336 e. The van der Waals surface area contributed by atoms with E-state index < -0.39 is 12.1 Å². The van der Waals surface area contributed by atoms with E-state index in [2.05, 4.69) is 6.58 Å². The summed E-state index contributed by atoms with van der Waals surface area (Å²) in [5.41, 5.74) is 0.198. The van der Waals surface area contributed by atoms with Gasteiger partial charge in [-0.15, -0.1) is 0 Å². The van der Waals surface area contributed by atoms with Crippen LogP contribution in [0.15, 0.2) is 12.2 Å². The minimum Gasteiger partial charge on any atom is -0.459 e. The van der Waals surface area contributed by atoms with Crippen LogP contribution < -0.4 is 0 Å². The van der Waals surface area contributed by atoms with Gasteiger partial charge in [0.25, 0.3) is 0 Å². The van der Waals surface area contributed by atoms with E-state index in [0.717, 1.165) is 32.1 Å². The van der Waals surface area contributed by atoms with Crippen LogP contribution in [0.3, 0.4) is 0 Å². The summed E-state index contributed by atoms with van der Waals surface area (Å²) in [4.78, 5) is 11.5. The van der Waals surface area contributed by atoms with Crippen molar-refractivity contribution < 1.29 is 14.6 Å². The molecule has 0 bridgehead atoms. The summed E-state index contributed by atoms with van der Waals surface area (Å²) in [6.45, 7) is 5.55. The lowest BCUT2D eigenvalue weighted by Gasteiger charge is -2.15. The molecule has 15 heavy (non-hydrogen) atoms. The van der Waals surface area contributed by atoms with Crippen molar-refractivity contribution in [2.45, 2.75) is 57.7 Å². The standard InChI is InChI=1S/C12H20O3/c1-3-6-11(13)9(2)12(14)15-10-7-4-5-8-10/h10-11,13H,2-8H2,1H3. The highest BCUT2D eigenvalue weighted by Gasteiger charge is 2.23. The molecule has 1 unspecified atom stereocenters. The Bertz CT molecular complexity index is 229. The molecule has 0 aromatic carbocycles. The van der Waals surface area contributed by atoms with Crippen LogP contribution in [0.4, 0.5) is 0 Å². The van der Waals surface area contributed by atoms with E-state index in [1.165, 1.54) is 0 Å². The molecule has 0 heterocycles. The Balaban J connectivity index is 2.35. The average molecular weight is 212 g/mol. The second-order valence-electron chi connectivity index (χ2n) is 4.14. The van der Waals surface area contributed by atoms with E-state index >= 15 is 0 Å². The van der Waals surface area contributed by atoms with E-state index in [-0.39, 0.29) is 11.7 Å². The van der Waals surface area contributed by atoms with E-state index in [1.54, 1.807) is 0 Å². The van der Waals surface area contributed by atoms with Crippen molar-refractivity contribution in [3.05, 3.63) is 12.2 Å². The van der Waals surface area contributed by atoms with Gasteiger partial charge < -0.3 is 9.84 Å². The normalized spacial score (nSPS) is 18.8. The quantitative estimate of drug-likeness (QED) is 0.561. The number of rotatable bonds is 5. The summed E-state index contributed by atoms with van der Waals surface area (Å²) in [7, 11) is 0. The van der Waals surface area contributed by atoms with E-state index in [0.29, 0.717) is 6.42 Å². The first-order chi connectivity index (χ1) is 7.15. The molecule has 1 aliphatic rings. The molecule has 1 N–H and O–H groups in total. The van der Waals surface area contributed by atoms with Crippen molar-refractivity contribution in [3.8, 4) is 0 Å². The number of hydrogen-bond donors (Lipinski definition) is 1. The summed E-state index contributed by atoms with van der Waals surface area (Å²) >= 11 is 0. The largest absolute Gasteiger partial charge is 0.459 e. The van der Waals surface area contributed by atoms with Crippen LogP contribution in [0.2, 0.25) is 0 Å². The highest BCUT2D eigenvalue weighted by molar-refractivity contribution is 5.88. The van der Waals surface area contributed by atoms with E-state index in [9.17, 15) is 9.90 Å². The Labute approximate surface area is 91.1 Å². The third-order valence-corrected chi connectivity index (χ3v) is 2.80. The lowest BCUT2D eigenvalue weighted by Crippen LogP contribution is -2.22. The molecule has 1 atom stereocenters. The van der Waals surface area contributed by atoms with Gasteiger partial charge in [0.15, 0.2) is 0 Å². The molecule has 0 amide bonds. The predicted molar refractivity (Wildman–Crippen MR) is 58.4 cm³/mol. The third-order valence-electron chi connectivity index (χ3n) is 2.80. The summed E-state index contributed by atoms with van der Waals surface area (Å²) in [5, 5.41) is 9.56. The Kier molecular flexibility index (Phi) is 4.82. The van der Waals surface area contributed by atoms with Crippen molar-refractivity contribution in [2.75, 3.05) is 0 Å². The second-order valence-corrected chi connectivity index (χ2v) is 4.14. The lowest BCUT2D eigenvalue weighted by molar-refractivity contribution is -0.145. The number of esters is 1. The zero-order chi connectivity index (χ0) is 11.3. The van der Waals surface area contributed by atoms with Crippen LogP contribution in [0.1, 0.15) is 45.4 Å². The van der Waals surface area contributed by atoms with Crippen LogP contribution in [-0.4, -0.2) is 23.3 Å². The number of hydrogen-bond acceptors (Lipinski definition) is 3. The minimum absolute atomic E-state index is 0.0445. The monoisotopic (exact) mass is 212 g/mol. The number of ether oxygens (including phenoxy) is 1. The highest BCUT2D eigenvalue weighted by Crippen LogP contribution is 2.22. The van der Waals surface area contributed by atoms with Crippen molar-refractivity contribution in [2.24, 2.45) is 0 Å². The SMILES string of the molecule is C=C(C(=O)OC1CCCC1)C(O)CCC. The third kappa shape index (κ3) is 3.67. The first-order valence-corrected chi connectivity index (χ1v) is 5.73. The molecular weight excluding hydrogens is 192 g/mol. The summed E-state index contributed by atoms with van der Waals surface area (Å²) < 4.78 is 5.24. The fourth-order valence-corrected chi connectivity index (χ4v) is 1.82. The Hall–Kier alpha value is -0.830. The zero-order valence-electron chi connectivity index (χ0n) is 9.37. The van der Waals surface area contributed by atoms with Gasteiger partial charge >= 0.3 is 5.97 Å². The first kappa shape index (κ1) is 12.2. The van der Waals surface area contributed by atoms with Crippen LogP contribution in [0.25, 0.3) is 0 Å². The molecule has 1 aliphatic carbocycles. The van der Waals surface area contributed by atoms with Gasteiger partial charge in [-0.3, -0.25) is 0 Å². The maximum atomic E-state index is 11.5. The van der Waals surface area contributed by atoms with Gasteiger partial charge in [-0.05, 0) is 32.1 Å². The molecule has 1 rings (SSSR count). The van der Waals surface area contributed by atoms with Gasteiger partial charge in [0.2, 0.25) is 0 Å². The van der Waals surface area contributed by atoms with Crippen molar-refractivity contribution in [1.82, 2.24) is 0 Å². The van der Waals surface area contributed by atoms with Gasteiger partial charge in [-0.25, -0.2) is 4.79 Å². The molecule has 86 valence electrons. The molecule has 0 aromatic heterocycles. The van der Waals surface area contributed by atoms with Crippen LogP contribution in [0, 0.1) is 0 Å². The Morgan fingerprint density at radius 3 is 2.67 bits per heavy atom. The topological polar surface area (TPSA) is 46.5 Å². The van der Waals surface area contributed by atoms with Crippen LogP contribution >= 0.6 is 0 Å². The van der Waals surface area contributed by atoms with Gasteiger partial charge in [0.1, 0.15) is 6.10 Å². The van der Waals surface area contributed by atoms with Crippen molar-refractivity contribution >= 4 is 5.97 Å². The highest BCUT2D eigenvalue weighted by atomic mass is 16.5. The summed E-state index contributed by atoms with van der Waals surface area (Å²) in [6, 6.07) is 0. The fourth-order valence-electron chi connectivity index (χ4n) is 1.82. The minimum atomic E-state index is -0.746. The van der Waals surface area contributed by atoms with E-state index in [4.69, 9.17) is 4.74 Å². The average Bonchev–Trinajstić information content (AvgIpc) is 2.69. The molecule has 1 saturated carbocycles. The summed E-state index contributed by atoms with van der Waals surface area (Å²) in [5.74, 6) is -0.428. The second kappa shape index (κ2) is 5.91. The predicted octanol–water partition coefficient (Wildman–Crippen LogP) is 2.19. The molecule has 3 heteroatoms. The van der Waals surface area contributed by atoms with Gasteiger partial charge in [-0.2, -0.15) is 0 Å². The lowest BCUT2D eigenvalue weighted by atomic mass is 10.1. The number of aliphatic hydroxyl groups excluding tert-OH is 1. The molecule has 0 saturated heterocycles. The Morgan fingerprint density at radius 1 is 1.53 bits per heavy atom. The van der Waals surface area contributed by atoms with E-state index in [1.807, 2.05) is 6.92 Å². The molecule has 3 nitrogen and oxygen atoms in total. The molecule has 0 aliphatic heterocycles. The summed E-state index contributed by atoms with van der Waals surface area (Å²) in [6.07, 6.45) is 4.84. The van der Waals surface area contributed by atoms with Crippen LogP contribution in [-0.2, 0) is 9.53 Å². The maximum absolute atomic E-state index is 11.5. The van der Waals surface area contributed by atoms with Gasteiger partial charge in [-0.1, -0.05) is 19.9 Å². The fraction of sp³-hybridized carbons (Fsp3) is 0.750. The molecule has 0 radical (unpaired) electrons. The zero-order valence-corrected chi connectivity index (χ0v) is 9.37. The number of carbonyl (C=O) groups is 1. The van der Waals surface area contributed by atoms with Crippen LogP contribution in [0.5, 0.6) is 0 Å². The first-order valence-electron chi connectivity index (χ1n) is 5.73.